The van der Waals surface area contributed by atoms with Crippen LogP contribution in [-0.4, -0.2) is 16.6 Å². The summed E-state index contributed by atoms with van der Waals surface area (Å²) in [6.07, 6.45) is 8.92. The highest BCUT2D eigenvalue weighted by atomic mass is 35.5. The van der Waals surface area contributed by atoms with E-state index in [0.717, 1.165) is 41.2 Å². The van der Waals surface area contributed by atoms with Gasteiger partial charge in [-0.2, -0.15) is 0 Å². The van der Waals surface area contributed by atoms with Crippen LogP contribution in [0.15, 0.2) is 36.4 Å². The lowest BCUT2D eigenvalue weighted by Crippen LogP contribution is -1.98. The van der Waals surface area contributed by atoms with E-state index in [2.05, 4.69) is 35.9 Å². The van der Waals surface area contributed by atoms with Crippen LogP contribution in [0.2, 0.25) is 5.02 Å². The van der Waals surface area contributed by atoms with Crippen LogP contribution in [0.25, 0.3) is 22.4 Å². The smallest absolute Gasteiger partial charge is 0.138 e. The third-order valence-electron chi connectivity index (χ3n) is 4.85. The summed E-state index contributed by atoms with van der Waals surface area (Å²) in [6.45, 7) is 5.04. The second-order valence-electron chi connectivity index (χ2n) is 7.22. The van der Waals surface area contributed by atoms with Crippen molar-refractivity contribution in [2.75, 3.05) is 6.61 Å². The van der Waals surface area contributed by atoms with Crippen LogP contribution in [0, 0.1) is 6.92 Å². The largest absolute Gasteiger partial charge is 0.492 e. The highest BCUT2D eigenvalue weighted by Gasteiger charge is 2.09. The van der Waals surface area contributed by atoms with Crippen LogP contribution in [0.3, 0.4) is 0 Å². The number of aromatic nitrogens is 2. The fraction of sp³-hybridized carbons (Fsp3) is 0.435. The van der Waals surface area contributed by atoms with Gasteiger partial charge in [0.25, 0.3) is 0 Å². The first-order valence-electron chi connectivity index (χ1n) is 10.1. The zero-order valence-corrected chi connectivity index (χ0v) is 17.1. The molecule has 0 unspecified atom stereocenters. The summed E-state index contributed by atoms with van der Waals surface area (Å²) >= 11 is 6.43. The molecular weight excluding hydrogens is 356 g/mol. The van der Waals surface area contributed by atoms with Gasteiger partial charge in [0.05, 0.1) is 22.7 Å². The van der Waals surface area contributed by atoms with E-state index in [-0.39, 0.29) is 0 Å². The third-order valence-corrected chi connectivity index (χ3v) is 5.14. The zero-order valence-electron chi connectivity index (χ0n) is 16.4. The van der Waals surface area contributed by atoms with Gasteiger partial charge in [-0.25, -0.2) is 4.98 Å². The zero-order chi connectivity index (χ0) is 19.1. The molecular formula is C23H29ClN2O. The molecule has 3 rings (SSSR count). The molecule has 0 fully saturated rings. The predicted molar refractivity (Wildman–Crippen MR) is 115 cm³/mol. The van der Waals surface area contributed by atoms with Crippen LogP contribution in [0.4, 0.5) is 0 Å². The molecule has 0 aliphatic heterocycles. The fourth-order valence-corrected chi connectivity index (χ4v) is 3.50. The molecule has 4 heteroatoms. The second kappa shape index (κ2) is 9.80. The number of H-pyrrole nitrogens is 1. The molecule has 3 nitrogen and oxygen atoms in total. The van der Waals surface area contributed by atoms with Gasteiger partial charge in [-0.3, -0.25) is 0 Å². The van der Waals surface area contributed by atoms with E-state index in [4.69, 9.17) is 16.3 Å². The van der Waals surface area contributed by atoms with E-state index in [0.29, 0.717) is 5.02 Å². The summed E-state index contributed by atoms with van der Waals surface area (Å²) in [5, 5.41) is 0.632. The van der Waals surface area contributed by atoms with Crippen molar-refractivity contribution >= 4 is 22.6 Å². The average Bonchev–Trinajstić information content (AvgIpc) is 3.08. The van der Waals surface area contributed by atoms with Gasteiger partial charge in [0.15, 0.2) is 0 Å². The summed E-state index contributed by atoms with van der Waals surface area (Å²) in [5.41, 5.74) is 4.19. The van der Waals surface area contributed by atoms with Crippen molar-refractivity contribution in [3.8, 4) is 17.1 Å². The fourth-order valence-electron chi connectivity index (χ4n) is 3.27. The van der Waals surface area contributed by atoms with Crippen LogP contribution in [0.1, 0.15) is 57.4 Å². The van der Waals surface area contributed by atoms with Crippen molar-refractivity contribution in [1.29, 1.82) is 0 Å². The molecule has 0 atom stereocenters. The number of nitrogens with zero attached hydrogens (tertiary/aromatic N) is 1. The molecule has 0 spiro atoms. The van der Waals surface area contributed by atoms with Crippen molar-refractivity contribution in [3.63, 3.8) is 0 Å². The number of aryl methyl sites for hydroxylation is 1. The Hall–Kier alpha value is -2.00. The van der Waals surface area contributed by atoms with Crippen LogP contribution in [0.5, 0.6) is 5.75 Å². The molecule has 0 amide bonds. The molecule has 1 N–H and O–H groups in total. The normalized spacial score (nSPS) is 11.2. The summed E-state index contributed by atoms with van der Waals surface area (Å²) in [4.78, 5) is 8.03. The molecule has 144 valence electrons. The van der Waals surface area contributed by atoms with E-state index in [9.17, 15) is 0 Å². The number of imidazole rings is 1. The van der Waals surface area contributed by atoms with E-state index in [1.807, 2.05) is 24.3 Å². The first-order valence-corrected chi connectivity index (χ1v) is 10.4. The molecule has 2 aromatic carbocycles. The summed E-state index contributed by atoms with van der Waals surface area (Å²) in [5.74, 6) is 1.58. The minimum absolute atomic E-state index is 0.632. The van der Waals surface area contributed by atoms with Gasteiger partial charge in [0.2, 0.25) is 0 Å². The van der Waals surface area contributed by atoms with E-state index in [1.165, 1.54) is 44.1 Å². The lowest BCUT2D eigenvalue weighted by molar-refractivity contribution is 0.304. The Kier molecular flexibility index (Phi) is 7.17. The third kappa shape index (κ3) is 5.49. The number of ether oxygens (including phenoxy) is 1. The number of benzene rings is 2. The Morgan fingerprint density at radius 1 is 0.963 bits per heavy atom. The van der Waals surface area contributed by atoms with Crippen molar-refractivity contribution in [1.82, 2.24) is 9.97 Å². The number of hydrogen-bond acceptors (Lipinski definition) is 2. The Morgan fingerprint density at radius 3 is 2.52 bits per heavy atom. The first kappa shape index (κ1) is 19.8. The Balaban J connectivity index is 1.54. The van der Waals surface area contributed by atoms with Gasteiger partial charge < -0.3 is 9.72 Å². The number of unbranched alkanes of at least 4 members (excludes halogenated alkanes) is 6. The molecule has 27 heavy (non-hydrogen) atoms. The Labute approximate surface area is 167 Å². The van der Waals surface area contributed by atoms with Gasteiger partial charge in [-0.05, 0) is 49.2 Å². The van der Waals surface area contributed by atoms with E-state index >= 15 is 0 Å². The second-order valence-corrected chi connectivity index (χ2v) is 7.63. The Morgan fingerprint density at radius 2 is 1.74 bits per heavy atom. The maximum absolute atomic E-state index is 6.43. The SMILES string of the molecule is CCCCCCCCCOc1ccc(-c2nc3ccc(C)cc3[nH]2)cc1Cl. The molecule has 0 saturated heterocycles. The number of halogens is 1. The van der Waals surface area contributed by atoms with Gasteiger partial charge in [0, 0.05) is 5.56 Å². The lowest BCUT2D eigenvalue weighted by Gasteiger charge is -2.09. The topological polar surface area (TPSA) is 37.9 Å². The Bertz CT molecular complexity index is 872. The average molecular weight is 385 g/mol. The van der Waals surface area contributed by atoms with Gasteiger partial charge in [-0.1, -0.05) is 63.1 Å². The maximum Gasteiger partial charge on any atom is 0.138 e. The standard InChI is InChI=1S/C23H29ClN2O/c1-3-4-5-6-7-8-9-14-27-22-13-11-18(16-19(22)24)23-25-20-12-10-17(2)15-21(20)26-23/h10-13,15-16H,3-9,14H2,1-2H3,(H,25,26). The number of hydrogen-bond donors (Lipinski definition) is 1. The van der Waals surface area contributed by atoms with Gasteiger partial charge >= 0.3 is 0 Å². The lowest BCUT2D eigenvalue weighted by atomic mass is 10.1. The van der Waals surface area contributed by atoms with Gasteiger partial charge in [0.1, 0.15) is 11.6 Å². The maximum atomic E-state index is 6.43. The predicted octanol–water partition coefficient (Wildman–Crippen LogP) is 7.32. The highest BCUT2D eigenvalue weighted by Crippen LogP contribution is 2.30. The van der Waals surface area contributed by atoms with Crippen molar-refractivity contribution in [2.24, 2.45) is 0 Å². The van der Waals surface area contributed by atoms with E-state index in [1.54, 1.807) is 0 Å². The quantitative estimate of drug-likeness (QED) is 0.372. The van der Waals surface area contributed by atoms with Crippen molar-refractivity contribution < 1.29 is 4.74 Å². The molecule has 0 saturated carbocycles. The molecule has 1 heterocycles. The highest BCUT2D eigenvalue weighted by molar-refractivity contribution is 6.32. The van der Waals surface area contributed by atoms with Crippen molar-refractivity contribution in [3.05, 3.63) is 47.0 Å². The van der Waals surface area contributed by atoms with Crippen molar-refractivity contribution in [2.45, 2.75) is 58.8 Å². The summed E-state index contributed by atoms with van der Waals surface area (Å²) in [7, 11) is 0. The monoisotopic (exact) mass is 384 g/mol. The summed E-state index contributed by atoms with van der Waals surface area (Å²) < 4.78 is 5.87. The molecule has 0 radical (unpaired) electrons. The first-order chi connectivity index (χ1) is 13.2. The number of aromatic amines is 1. The molecule has 0 aliphatic carbocycles. The molecule has 1 aromatic heterocycles. The summed E-state index contributed by atoms with van der Waals surface area (Å²) in [6, 6.07) is 12.1. The van der Waals surface area contributed by atoms with Crippen LogP contribution < -0.4 is 4.74 Å². The molecule has 0 bridgehead atoms. The van der Waals surface area contributed by atoms with E-state index < -0.39 is 0 Å². The molecule has 3 aromatic rings. The minimum Gasteiger partial charge on any atom is -0.492 e. The molecule has 0 aliphatic rings. The number of rotatable bonds is 10. The minimum atomic E-state index is 0.632. The van der Waals surface area contributed by atoms with Crippen LogP contribution >= 0.6 is 11.6 Å². The van der Waals surface area contributed by atoms with Gasteiger partial charge in [-0.15, -0.1) is 0 Å². The number of nitrogens with one attached hydrogen (secondary N) is 1. The number of fused-ring (bicyclic) bond motifs is 1. The van der Waals surface area contributed by atoms with Crippen LogP contribution in [-0.2, 0) is 0 Å².